The molecule has 1 saturated carbocycles. The van der Waals surface area contributed by atoms with Crippen molar-refractivity contribution in [3.05, 3.63) is 58.7 Å². The molecule has 0 amide bonds. The summed E-state index contributed by atoms with van der Waals surface area (Å²) in [5.74, 6) is -0.128. The van der Waals surface area contributed by atoms with Crippen molar-refractivity contribution >= 4 is 11.9 Å². The van der Waals surface area contributed by atoms with Crippen molar-refractivity contribution in [3.8, 4) is 11.5 Å². The molecule has 2 heterocycles. The van der Waals surface area contributed by atoms with Crippen LogP contribution in [0.1, 0.15) is 176 Å². The van der Waals surface area contributed by atoms with Crippen molar-refractivity contribution in [1.29, 1.82) is 0 Å². The van der Waals surface area contributed by atoms with E-state index in [4.69, 9.17) is 9.47 Å². The molecular formula is C42H60O4. The van der Waals surface area contributed by atoms with Crippen LogP contribution < -0.4 is 9.47 Å². The number of benzene rings is 2. The van der Waals surface area contributed by atoms with Gasteiger partial charge < -0.3 is 9.47 Å². The molecule has 1 fully saturated rings. The van der Waals surface area contributed by atoms with Crippen LogP contribution in [-0.2, 0) is 22.4 Å². The zero-order chi connectivity index (χ0) is 32.1. The molecule has 2 aromatic carbocycles. The van der Waals surface area contributed by atoms with E-state index in [0.29, 0.717) is 11.5 Å². The lowest BCUT2D eigenvalue weighted by atomic mass is 9.51. The van der Waals surface area contributed by atoms with Crippen LogP contribution >= 0.6 is 0 Å². The summed E-state index contributed by atoms with van der Waals surface area (Å²) in [6.45, 7) is 4.55. The molecular weight excluding hydrogens is 568 g/mol. The minimum absolute atomic E-state index is 0.0203. The standard InChI is InChI=1S/C42H60O4/c1-3-5-7-9-11-13-15-17-19-21-23-31-25-27-35-33(29-31)37-38-34-30-32(24-22-20-18-16-14-12-10-8-6-4-2)26-28-36(34)46-42(44)40(38)39(37)41(43)45-35/h25-30,37-40H,3-24H2,1-2H3/t37-,38-,39-,40-/m0/s1. The minimum atomic E-state index is -0.448. The van der Waals surface area contributed by atoms with Crippen LogP contribution in [0.25, 0.3) is 0 Å². The molecule has 4 nitrogen and oxygen atoms in total. The first kappa shape index (κ1) is 34.7. The second-order valence-electron chi connectivity index (χ2n) is 14.6. The molecule has 0 saturated heterocycles. The molecule has 0 radical (unpaired) electrons. The first-order chi connectivity index (χ1) is 22.6. The van der Waals surface area contributed by atoms with Crippen LogP contribution in [-0.4, -0.2) is 11.9 Å². The molecule has 252 valence electrons. The molecule has 0 aromatic heterocycles. The SMILES string of the molecule is CCCCCCCCCCCCc1ccc2c(c1)[C@@H]1[C@H](C(=O)O2)[C@H]2C(=O)Oc3ccc(CCCCCCCCCCCC)cc3[C@H]21. The van der Waals surface area contributed by atoms with E-state index >= 15 is 0 Å². The molecule has 2 aliphatic heterocycles. The number of unbranched alkanes of at least 4 members (excludes halogenated alkanes) is 18. The number of carbonyl (C=O) groups excluding carboxylic acids is 2. The Labute approximate surface area is 279 Å². The summed E-state index contributed by atoms with van der Waals surface area (Å²) >= 11 is 0. The lowest BCUT2D eigenvalue weighted by molar-refractivity contribution is -0.165. The van der Waals surface area contributed by atoms with E-state index in [1.54, 1.807) is 0 Å². The summed E-state index contributed by atoms with van der Waals surface area (Å²) in [4.78, 5) is 26.3. The van der Waals surface area contributed by atoms with Crippen LogP contribution in [0.2, 0.25) is 0 Å². The fourth-order valence-corrected chi connectivity index (χ4v) is 8.31. The monoisotopic (exact) mass is 628 g/mol. The number of hydrogen-bond acceptors (Lipinski definition) is 4. The lowest BCUT2D eigenvalue weighted by Gasteiger charge is -2.53. The van der Waals surface area contributed by atoms with E-state index in [1.165, 1.54) is 140 Å². The molecule has 4 atom stereocenters. The van der Waals surface area contributed by atoms with Gasteiger partial charge >= 0.3 is 11.9 Å². The van der Waals surface area contributed by atoms with E-state index in [-0.39, 0.29) is 23.8 Å². The molecule has 0 N–H and O–H groups in total. The van der Waals surface area contributed by atoms with Gasteiger partial charge in [0.25, 0.3) is 0 Å². The molecule has 3 aliphatic rings. The molecule has 1 aliphatic carbocycles. The average Bonchev–Trinajstić information content (AvgIpc) is 3.04. The number of ether oxygens (including phenoxy) is 2. The highest BCUT2D eigenvalue weighted by Crippen LogP contribution is 2.64. The Morgan fingerprint density at radius 2 is 0.761 bits per heavy atom. The second kappa shape index (κ2) is 18.1. The third-order valence-electron chi connectivity index (χ3n) is 11.0. The normalized spacial score (nSPS) is 21.0. The third-order valence-corrected chi connectivity index (χ3v) is 11.0. The predicted molar refractivity (Wildman–Crippen MR) is 188 cm³/mol. The maximum absolute atomic E-state index is 13.1. The summed E-state index contributed by atoms with van der Waals surface area (Å²) < 4.78 is 11.6. The van der Waals surface area contributed by atoms with Gasteiger partial charge in [-0.3, -0.25) is 9.59 Å². The van der Waals surface area contributed by atoms with E-state index in [9.17, 15) is 9.59 Å². The van der Waals surface area contributed by atoms with Crippen molar-refractivity contribution < 1.29 is 19.1 Å². The van der Waals surface area contributed by atoms with Crippen molar-refractivity contribution in [2.45, 2.75) is 167 Å². The topological polar surface area (TPSA) is 52.6 Å². The number of esters is 2. The van der Waals surface area contributed by atoms with Gasteiger partial charge in [-0.05, 0) is 60.1 Å². The molecule has 0 spiro atoms. The zero-order valence-corrected chi connectivity index (χ0v) is 29.0. The fourth-order valence-electron chi connectivity index (χ4n) is 8.31. The van der Waals surface area contributed by atoms with Crippen LogP contribution in [0.3, 0.4) is 0 Å². The highest BCUT2D eigenvalue weighted by Gasteiger charge is 2.64. The average molecular weight is 629 g/mol. The Balaban J connectivity index is 1.15. The van der Waals surface area contributed by atoms with Crippen LogP contribution in [0, 0.1) is 11.8 Å². The third kappa shape index (κ3) is 8.84. The van der Waals surface area contributed by atoms with Gasteiger partial charge in [-0.25, -0.2) is 0 Å². The molecule has 0 bridgehead atoms. The summed E-state index contributed by atoms with van der Waals surface area (Å²) in [7, 11) is 0. The molecule has 0 unspecified atom stereocenters. The first-order valence-electron chi connectivity index (χ1n) is 19.3. The Morgan fingerprint density at radius 1 is 0.435 bits per heavy atom. The lowest BCUT2D eigenvalue weighted by Crippen LogP contribution is -2.57. The minimum Gasteiger partial charge on any atom is -0.426 e. The number of rotatable bonds is 22. The largest absolute Gasteiger partial charge is 0.426 e. The van der Waals surface area contributed by atoms with E-state index in [1.807, 2.05) is 12.1 Å². The van der Waals surface area contributed by atoms with Gasteiger partial charge in [-0.15, -0.1) is 0 Å². The number of aryl methyl sites for hydroxylation is 2. The fraction of sp³-hybridized carbons (Fsp3) is 0.667. The summed E-state index contributed by atoms with van der Waals surface area (Å²) in [6, 6.07) is 12.8. The number of hydrogen-bond donors (Lipinski definition) is 0. The Hall–Kier alpha value is -2.62. The summed E-state index contributed by atoms with van der Waals surface area (Å²) in [6.07, 6.45) is 28.7. The summed E-state index contributed by atoms with van der Waals surface area (Å²) in [5, 5.41) is 0. The Morgan fingerprint density at radius 3 is 1.11 bits per heavy atom. The van der Waals surface area contributed by atoms with Crippen molar-refractivity contribution in [3.63, 3.8) is 0 Å². The van der Waals surface area contributed by atoms with Crippen molar-refractivity contribution in [1.82, 2.24) is 0 Å². The first-order valence-corrected chi connectivity index (χ1v) is 19.3. The second-order valence-corrected chi connectivity index (χ2v) is 14.6. The zero-order valence-electron chi connectivity index (χ0n) is 29.0. The highest BCUT2D eigenvalue weighted by atomic mass is 16.5. The maximum Gasteiger partial charge on any atom is 0.315 e. The van der Waals surface area contributed by atoms with Crippen molar-refractivity contribution in [2.24, 2.45) is 11.8 Å². The van der Waals surface area contributed by atoms with E-state index in [0.717, 1.165) is 24.0 Å². The number of carbonyl (C=O) groups is 2. The van der Waals surface area contributed by atoms with Gasteiger partial charge in [0.15, 0.2) is 0 Å². The molecule has 5 rings (SSSR count). The van der Waals surface area contributed by atoms with Crippen LogP contribution in [0.5, 0.6) is 11.5 Å². The van der Waals surface area contributed by atoms with Gasteiger partial charge in [-0.2, -0.15) is 0 Å². The van der Waals surface area contributed by atoms with Crippen molar-refractivity contribution in [2.75, 3.05) is 0 Å². The molecule has 46 heavy (non-hydrogen) atoms. The predicted octanol–water partition coefficient (Wildman–Crippen LogP) is 11.6. The van der Waals surface area contributed by atoms with Gasteiger partial charge in [0, 0.05) is 11.8 Å². The van der Waals surface area contributed by atoms with E-state index < -0.39 is 11.8 Å². The number of fused-ring (bicyclic) bond motifs is 8. The van der Waals surface area contributed by atoms with Gasteiger partial charge in [0.2, 0.25) is 0 Å². The van der Waals surface area contributed by atoms with Crippen LogP contribution in [0.4, 0.5) is 0 Å². The highest BCUT2D eigenvalue weighted by molar-refractivity contribution is 5.92. The Bertz CT molecular complexity index is 1170. The van der Waals surface area contributed by atoms with Crippen LogP contribution in [0.15, 0.2) is 36.4 Å². The smallest absolute Gasteiger partial charge is 0.315 e. The van der Waals surface area contributed by atoms with E-state index in [2.05, 4.69) is 38.1 Å². The maximum atomic E-state index is 13.1. The quantitative estimate of drug-likeness (QED) is 0.0739. The van der Waals surface area contributed by atoms with Gasteiger partial charge in [0.1, 0.15) is 11.5 Å². The molecule has 2 aromatic rings. The van der Waals surface area contributed by atoms with Gasteiger partial charge in [0.05, 0.1) is 11.8 Å². The summed E-state index contributed by atoms with van der Waals surface area (Å²) in [5.41, 5.74) is 4.84. The van der Waals surface area contributed by atoms with Gasteiger partial charge in [-0.1, -0.05) is 154 Å². The molecule has 4 heteroatoms. The Kier molecular flexibility index (Phi) is 13.6.